The highest BCUT2D eigenvalue weighted by atomic mass is 32.1. The fourth-order valence-corrected chi connectivity index (χ4v) is 10.2. The van der Waals surface area contributed by atoms with Gasteiger partial charge in [0.15, 0.2) is 0 Å². The Morgan fingerprint density at radius 1 is 0.352 bits per heavy atom. The van der Waals surface area contributed by atoms with Gasteiger partial charge in [0.25, 0.3) is 0 Å². The number of hydrogen-bond donors (Lipinski definition) is 0. The van der Waals surface area contributed by atoms with Crippen LogP contribution in [0.4, 0.5) is 0 Å². The Bertz CT molecular complexity index is 3440. The molecule has 0 amide bonds. The molecule has 2 heteroatoms. The Morgan fingerprint density at radius 2 is 0.889 bits per heavy atom. The third-order valence-electron chi connectivity index (χ3n) is 11.4. The molecule has 0 saturated carbocycles. The van der Waals surface area contributed by atoms with Crippen molar-refractivity contribution in [2.24, 2.45) is 0 Å². The maximum absolute atomic E-state index is 6.66. The smallest absolute Gasteiger partial charge is 0.144 e. The van der Waals surface area contributed by atoms with Gasteiger partial charge in [0, 0.05) is 36.5 Å². The fraction of sp³-hybridized carbons (Fsp3) is 0. The summed E-state index contributed by atoms with van der Waals surface area (Å²) in [5, 5.41) is 14.8. The predicted molar refractivity (Wildman–Crippen MR) is 233 cm³/mol. The number of thiophene rings is 1. The summed E-state index contributed by atoms with van der Waals surface area (Å²) in [6.45, 7) is 0. The van der Waals surface area contributed by atoms with Crippen molar-refractivity contribution in [1.29, 1.82) is 0 Å². The minimum absolute atomic E-state index is 0.925. The second-order valence-electron chi connectivity index (χ2n) is 14.4. The first-order valence-corrected chi connectivity index (χ1v) is 19.3. The first-order valence-electron chi connectivity index (χ1n) is 18.5. The van der Waals surface area contributed by atoms with Crippen molar-refractivity contribution in [1.82, 2.24) is 0 Å². The molecular formula is C52H30OS. The van der Waals surface area contributed by atoms with Gasteiger partial charge in [-0.3, -0.25) is 0 Å². The number of para-hydroxylation sites is 1. The van der Waals surface area contributed by atoms with Gasteiger partial charge < -0.3 is 4.42 Å². The molecular weight excluding hydrogens is 673 g/mol. The average molecular weight is 703 g/mol. The summed E-state index contributed by atoms with van der Waals surface area (Å²) < 4.78 is 9.20. The van der Waals surface area contributed by atoms with Crippen molar-refractivity contribution in [2.45, 2.75) is 0 Å². The first kappa shape index (κ1) is 29.8. The monoisotopic (exact) mass is 702 g/mol. The zero-order valence-electron chi connectivity index (χ0n) is 29.1. The van der Waals surface area contributed by atoms with Crippen LogP contribution in [0.15, 0.2) is 186 Å². The maximum Gasteiger partial charge on any atom is 0.144 e. The van der Waals surface area contributed by atoms with Crippen molar-refractivity contribution in [3.63, 3.8) is 0 Å². The van der Waals surface area contributed by atoms with E-state index in [9.17, 15) is 0 Å². The lowest BCUT2D eigenvalue weighted by Gasteiger charge is -2.18. The molecule has 0 spiro atoms. The summed E-state index contributed by atoms with van der Waals surface area (Å²) in [6.07, 6.45) is 0. The van der Waals surface area contributed by atoms with Crippen LogP contribution in [0.5, 0.6) is 0 Å². The molecule has 0 unspecified atom stereocenters. The second-order valence-corrected chi connectivity index (χ2v) is 15.4. The summed E-state index contributed by atoms with van der Waals surface area (Å²) in [5.41, 5.74) is 9.40. The third-order valence-corrected chi connectivity index (χ3v) is 12.6. The van der Waals surface area contributed by atoms with Crippen LogP contribution in [-0.4, -0.2) is 0 Å². The van der Waals surface area contributed by atoms with Gasteiger partial charge >= 0.3 is 0 Å². The predicted octanol–water partition coefficient (Wildman–Crippen LogP) is 15.6. The highest BCUT2D eigenvalue weighted by Gasteiger charge is 2.21. The van der Waals surface area contributed by atoms with Gasteiger partial charge in [-0.25, -0.2) is 0 Å². The van der Waals surface area contributed by atoms with E-state index in [1.54, 1.807) is 0 Å². The van der Waals surface area contributed by atoms with Crippen LogP contribution in [0, 0.1) is 0 Å². The molecule has 0 aliphatic carbocycles. The van der Waals surface area contributed by atoms with Gasteiger partial charge in [-0.2, -0.15) is 0 Å². The van der Waals surface area contributed by atoms with Crippen LogP contribution < -0.4 is 0 Å². The highest BCUT2D eigenvalue weighted by Crippen LogP contribution is 2.48. The molecule has 12 rings (SSSR count). The Hall–Kier alpha value is -6.74. The number of fused-ring (bicyclic) bond motifs is 11. The van der Waals surface area contributed by atoms with E-state index in [2.05, 4.69) is 182 Å². The highest BCUT2D eigenvalue weighted by molar-refractivity contribution is 7.26. The van der Waals surface area contributed by atoms with Crippen LogP contribution in [0.1, 0.15) is 0 Å². The number of rotatable bonds is 3. The number of hydrogen-bond acceptors (Lipinski definition) is 2. The largest absolute Gasteiger partial charge is 0.455 e. The lowest BCUT2D eigenvalue weighted by atomic mass is 9.85. The van der Waals surface area contributed by atoms with E-state index >= 15 is 0 Å². The summed E-state index contributed by atoms with van der Waals surface area (Å²) in [6, 6.07) is 66.7. The van der Waals surface area contributed by atoms with E-state index < -0.39 is 0 Å². The molecule has 0 radical (unpaired) electrons. The molecule has 0 saturated heterocycles. The molecule has 0 bridgehead atoms. The molecule has 0 fully saturated rings. The SMILES string of the molecule is c1ccc(-c2c3ccccc3c(-c3ccc4cc(-c5cc6c7ccccc7oc6c6c5sc5cc7ccccc7cc56)ccc4c3)c3ccccc23)cc1. The van der Waals surface area contributed by atoms with Crippen LogP contribution in [-0.2, 0) is 0 Å². The van der Waals surface area contributed by atoms with Crippen LogP contribution in [0.2, 0.25) is 0 Å². The van der Waals surface area contributed by atoms with Crippen molar-refractivity contribution in [3.8, 4) is 33.4 Å². The number of furan rings is 1. The number of benzene rings is 10. The fourth-order valence-electron chi connectivity index (χ4n) is 8.94. The van der Waals surface area contributed by atoms with E-state index in [-0.39, 0.29) is 0 Å². The molecule has 2 aromatic heterocycles. The van der Waals surface area contributed by atoms with Crippen molar-refractivity contribution >= 4 is 96.5 Å². The maximum atomic E-state index is 6.66. The molecule has 12 aromatic rings. The molecule has 1 nitrogen and oxygen atoms in total. The molecule has 0 aliphatic heterocycles. The Kier molecular flexibility index (Phi) is 6.28. The average Bonchev–Trinajstić information content (AvgIpc) is 3.79. The third kappa shape index (κ3) is 4.32. The van der Waals surface area contributed by atoms with Crippen molar-refractivity contribution in [3.05, 3.63) is 182 Å². The standard InChI is InChI=1S/C52H30OS/c1-2-12-31(13-3-1)48-39-17-6-8-19-41(39)49(42-20-9-7-18-40(42)48)37-25-23-34-26-36(24-22-35(34)27-37)43-30-44-38-16-10-11-21-46(38)53-51(44)50-45-28-32-14-4-5-15-33(32)29-47(45)54-52(43)50/h1-30H. The topological polar surface area (TPSA) is 13.1 Å². The van der Waals surface area contributed by atoms with Crippen molar-refractivity contribution < 1.29 is 4.42 Å². The van der Waals surface area contributed by atoms with Gasteiger partial charge in [0.2, 0.25) is 0 Å². The van der Waals surface area contributed by atoms with E-state index in [1.807, 2.05) is 11.3 Å². The van der Waals surface area contributed by atoms with Gasteiger partial charge in [0.05, 0.1) is 0 Å². The van der Waals surface area contributed by atoms with Crippen LogP contribution in [0.3, 0.4) is 0 Å². The van der Waals surface area contributed by atoms with E-state index in [1.165, 1.54) is 96.6 Å². The Balaban J connectivity index is 1.08. The zero-order chi connectivity index (χ0) is 35.3. The zero-order valence-corrected chi connectivity index (χ0v) is 30.0. The molecule has 2 heterocycles. The Labute approximate surface area is 314 Å². The summed E-state index contributed by atoms with van der Waals surface area (Å²) in [7, 11) is 0. The summed E-state index contributed by atoms with van der Waals surface area (Å²) in [4.78, 5) is 0. The normalized spacial score (nSPS) is 12.1. The lowest BCUT2D eigenvalue weighted by Crippen LogP contribution is -1.90. The van der Waals surface area contributed by atoms with Crippen LogP contribution >= 0.6 is 11.3 Å². The molecule has 0 aliphatic rings. The lowest BCUT2D eigenvalue weighted by molar-refractivity contribution is 0.673. The molecule has 54 heavy (non-hydrogen) atoms. The van der Waals surface area contributed by atoms with Crippen molar-refractivity contribution in [2.75, 3.05) is 0 Å². The minimum Gasteiger partial charge on any atom is -0.455 e. The molecule has 250 valence electrons. The van der Waals surface area contributed by atoms with Gasteiger partial charge in [-0.05, 0) is 107 Å². The molecule has 10 aromatic carbocycles. The summed E-state index contributed by atoms with van der Waals surface area (Å²) in [5.74, 6) is 0. The van der Waals surface area contributed by atoms with Crippen LogP contribution in [0.25, 0.3) is 119 Å². The van der Waals surface area contributed by atoms with E-state index in [0.717, 1.165) is 21.9 Å². The van der Waals surface area contributed by atoms with Gasteiger partial charge in [-0.1, -0.05) is 146 Å². The minimum atomic E-state index is 0.925. The van der Waals surface area contributed by atoms with E-state index in [0.29, 0.717) is 0 Å². The second kappa shape index (κ2) is 11.4. The Morgan fingerprint density at radius 3 is 1.59 bits per heavy atom. The summed E-state index contributed by atoms with van der Waals surface area (Å²) >= 11 is 1.87. The van der Waals surface area contributed by atoms with Gasteiger partial charge in [-0.15, -0.1) is 11.3 Å². The first-order chi connectivity index (χ1) is 26.8. The van der Waals surface area contributed by atoms with E-state index in [4.69, 9.17) is 4.42 Å². The molecule has 0 atom stereocenters. The quantitative estimate of drug-likeness (QED) is 0.167. The molecule has 0 N–H and O–H groups in total. The van der Waals surface area contributed by atoms with Gasteiger partial charge in [0.1, 0.15) is 11.2 Å².